The third-order valence-electron chi connectivity index (χ3n) is 9.03. The predicted octanol–water partition coefficient (Wildman–Crippen LogP) is 6.19. The molecule has 0 bridgehead atoms. The molecule has 0 radical (unpaired) electrons. The van der Waals surface area contributed by atoms with E-state index >= 15 is 0 Å². The zero-order chi connectivity index (χ0) is 33.1. The summed E-state index contributed by atoms with van der Waals surface area (Å²) < 4.78 is 10.9. The van der Waals surface area contributed by atoms with E-state index in [1.54, 1.807) is 0 Å². The first-order chi connectivity index (χ1) is 21.9. The van der Waals surface area contributed by atoms with Crippen LogP contribution in [-0.2, 0) is 19.1 Å². The van der Waals surface area contributed by atoms with Gasteiger partial charge in [-0.2, -0.15) is 0 Å². The van der Waals surface area contributed by atoms with Gasteiger partial charge in [0.1, 0.15) is 24.3 Å². The molecule has 10 heteroatoms. The minimum atomic E-state index is -0.465. The molecule has 4 heterocycles. The van der Waals surface area contributed by atoms with E-state index in [0.717, 1.165) is 11.1 Å². The second-order valence-electron chi connectivity index (χ2n) is 13.0. The molecular formula is C36H44N4O6. The molecule has 4 fully saturated rings. The molecule has 6 rings (SSSR count). The average molecular weight is 629 g/mol. The van der Waals surface area contributed by atoms with Crippen LogP contribution in [0.25, 0.3) is 0 Å². The quantitative estimate of drug-likeness (QED) is 0.394. The van der Waals surface area contributed by atoms with Crippen molar-refractivity contribution in [2.45, 2.75) is 89.5 Å². The molecular weight excluding hydrogens is 584 g/mol. The standard InChI is InChI=1S/2C18H22N2O3/c2*1-11(2)13-5-7-14(8-6-13)16-10-20(18(22)23-16)15-9-4-12(3)19-17(15)21/h2*5-8,11,15-16H,3-4,9-10H2,1-2H3,(H,19,21)/t2*15?,16-/m10/s1. The van der Waals surface area contributed by atoms with Crippen LogP contribution in [0.3, 0.4) is 0 Å². The smallest absolute Gasteiger partial charge is 0.411 e. The Morgan fingerprint density at radius 2 is 0.978 bits per heavy atom. The molecule has 4 saturated heterocycles. The maximum absolute atomic E-state index is 12.2. The number of piperidine rings is 2. The first kappa shape index (κ1) is 32.8. The summed E-state index contributed by atoms with van der Waals surface area (Å²) in [5.74, 6) is 0.583. The zero-order valence-corrected chi connectivity index (χ0v) is 27.1. The molecule has 0 spiro atoms. The molecule has 2 aromatic carbocycles. The largest absolute Gasteiger partial charge is 0.439 e. The summed E-state index contributed by atoms with van der Waals surface area (Å²) >= 11 is 0. The summed E-state index contributed by atoms with van der Waals surface area (Å²) in [5.41, 5.74) is 5.84. The fraction of sp³-hybridized carbons (Fsp3) is 0.444. The number of allylic oxidation sites excluding steroid dienone is 2. The maximum Gasteiger partial charge on any atom is 0.411 e. The summed E-state index contributed by atoms with van der Waals surface area (Å²) in [7, 11) is 0. The monoisotopic (exact) mass is 628 g/mol. The Labute approximate surface area is 270 Å². The fourth-order valence-electron chi connectivity index (χ4n) is 6.13. The Bertz CT molecular complexity index is 1390. The molecule has 0 aliphatic carbocycles. The topological polar surface area (TPSA) is 117 Å². The minimum absolute atomic E-state index is 0.172. The van der Waals surface area contributed by atoms with Crippen molar-refractivity contribution in [1.82, 2.24) is 20.4 Å². The van der Waals surface area contributed by atoms with E-state index in [1.165, 1.54) is 20.9 Å². The Balaban J connectivity index is 0.000000181. The van der Waals surface area contributed by atoms with Crippen molar-refractivity contribution in [2.75, 3.05) is 13.1 Å². The highest BCUT2D eigenvalue weighted by atomic mass is 16.6. The van der Waals surface area contributed by atoms with Gasteiger partial charge in [-0.25, -0.2) is 9.59 Å². The van der Waals surface area contributed by atoms with E-state index in [0.29, 0.717) is 62.0 Å². The number of nitrogens with zero attached hydrogens (tertiary/aromatic N) is 2. The number of nitrogens with one attached hydrogen (secondary N) is 2. The molecule has 4 aliphatic rings. The Morgan fingerprint density at radius 3 is 1.28 bits per heavy atom. The number of carbonyl (C=O) groups is 4. The van der Waals surface area contributed by atoms with Gasteiger partial charge in [0.15, 0.2) is 0 Å². The Kier molecular flexibility index (Phi) is 9.84. The third kappa shape index (κ3) is 7.27. The fourth-order valence-corrected chi connectivity index (χ4v) is 6.13. The lowest BCUT2D eigenvalue weighted by Crippen LogP contribution is -2.49. The summed E-state index contributed by atoms with van der Waals surface area (Å²) in [6, 6.07) is 15.3. The van der Waals surface area contributed by atoms with Gasteiger partial charge in [0.2, 0.25) is 11.8 Å². The third-order valence-corrected chi connectivity index (χ3v) is 9.03. The molecule has 0 aromatic heterocycles. The van der Waals surface area contributed by atoms with Gasteiger partial charge in [-0.15, -0.1) is 0 Å². The Morgan fingerprint density at radius 1 is 0.630 bits per heavy atom. The number of carbonyl (C=O) groups excluding carboxylic acids is 4. The molecule has 2 unspecified atom stereocenters. The lowest BCUT2D eigenvalue weighted by Gasteiger charge is -2.29. The van der Waals surface area contributed by atoms with E-state index in [4.69, 9.17) is 9.47 Å². The molecule has 2 N–H and O–H groups in total. The van der Waals surface area contributed by atoms with Crippen molar-refractivity contribution >= 4 is 24.0 Å². The van der Waals surface area contributed by atoms with Crippen LogP contribution in [0, 0.1) is 0 Å². The van der Waals surface area contributed by atoms with E-state index in [1.807, 2.05) is 24.3 Å². The van der Waals surface area contributed by atoms with Crippen molar-refractivity contribution in [3.63, 3.8) is 0 Å². The minimum Gasteiger partial charge on any atom is -0.439 e. The number of ether oxygens (including phenoxy) is 2. The molecule has 244 valence electrons. The normalized spacial score (nSPS) is 24.8. The van der Waals surface area contributed by atoms with Crippen LogP contribution in [0.5, 0.6) is 0 Å². The van der Waals surface area contributed by atoms with Crippen molar-refractivity contribution < 1.29 is 28.7 Å². The highest BCUT2D eigenvalue weighted by molar-refractivity contribution is 5.89. The Hall–Kier alpha value is -4.60. The van der Waals surface area contributed by atoms with Crippen LogP contribution >= 0.6 is 0 Å². The average Bonchev–Trinajstić information content (AvgIpc) is 3.60. The second-order valence-corrected chi connectivity index (χ2v) is 13.0. The van der Waals surface area contributed by atoms with Gasteiger partial charge in [0, 0.05) is 11.4 Å². The first-order valence-electron chi connectivity index (χ1n) is 16.0. The summed E-state index contributed by atoms with van der Waals surface area (Å²) in [6.07, 6.45) is 1.09. The van der Waals surface area contributed by atoms with Gasteiger partial charge >= 0.3 is 12.2 Å². The number of cyclic esters (lactones) is 2. The van der Waals surface area contributed by atoms with E-state index in [-0.39, 0.29) is 24.0 Å². The molecule has 46 heavy (non-hydrogen) atoms. The SMILES string of the molecule is C=C1CCC(N2C[C@@H](c3ccc(C(C)C)cc3)OC2=O)C(=O)N1.C=C1CCC(N2C[C@H](c3ccc(C(C)C)cc3)OC2=O)C(=O)N1. The summed E-state index contributed by atoms with van der Waals surface area (Å²) in [5, 5.41) is 5.44. The number of hydrogen-bond donors (Lipinski definition) is 2. The van der Waals surface area contributed by atoms with Crippen LogP contribution in [0.15, 0.2) is 73.1 Å². The summed E-state index contributed by atoms with van der Waals surface area (Å²) in [4.78, 5) is 51.5. The van der Waals surface area contributed by atoms with Crippen LogP contribution in [0.4, 0.5) is 9.59 Å². The number of benzene rings is 2. The van der Waals surface area contributed by atoms with Crippen molar-refractivity contribution in [3.05, 3.63) is 95.3 Å². The second kappa shape index (κ2) is 13.8. The van der Waals surface area contributed by atoms with Crippen molar-refractivity contribution in [3.8, 4) is 0 Å². The number of hydrogen-bond acceptors (Lipinski definition) is 6. The molecule has 10 nitrogen and oxygen atoms in total. The van der Waals surface area contributed by atoms with E-state index < -0.39 is 24.3 Å². The van der Waals surface area contributed by atoms with Gasteiger partial charge < -0.3 is 20.1 Å². The molecule has 4 aliphatic heterocycles. The van der Waals surface area contributed by atoms with Crippen LogP contribution < -0.4 is 10.6 Å². The summed E-state index contributed by atoms with van der Waals surface area (Å²) in [6.45, 7) is 16.9. The van der Waals surface area contributed by atoms with Crippen LogP contribution in [-0.4, -0.2) is 59.0 Å². The van der Waals surface area contributed by atoms with Gasteiger partial charge in [0.25, 0.3) is 0 Å². The number of amides is 4. The first-order valence-corrected chi connectivity index (χ1v) is 16.0. The van der Waals surface area contributed by atoms with Gasteiger partial charge in [0.05, 0.1) is 13.1 Å². The predicted molar refractivity (Wildman–Crippen MR) is 174 cm³/mol. The van der Waals surface area contributed by atoms with Gasteiger partial charge in [-0.05, 0) is 59.8 Å². The van der Waals surface area contributed by atoms with E-state index in [9.17, 15) is 19.2 Å². The molecule has 2 aromatic rings. The van der Waals surface area contributed by atoms with Crippen LogP contribution in [0.1, 0.15) is 99.7 Å². The van der Waals surface area contributed by atoms with Gasteiger partial charge in [-0.1, -0.05) is 89.4 Å². The highest BCUT2D eigenvalue weighted by Gasteiger charge is 2.42. The molecule has 0 saturated carbocycles. The van der Waals surface area contributed by atoms with Crippen molar-refractivity contribution in [2.24, 2.45) is 0 Å². The molecule has 4 atom stereocenters. The zero-order valence-electron chi connectivity index (χ0n) is 27.1. The van der Waals surface area contributed by atoms with Gasteiger partial charge in [-0.3, -0.25) is 19.4 Å². The van der Waals surface area contributed by atoms with Crippen LogP contribution in [0.2, 0.25) is 0 Å². The highest BCUT2D eigenvalue weighted by Crippen LogP contribution is 2.32. The van der Waals surface area contributed by atoms with E-state index in [2.05, 4.69) is 75.8 Å². The molecule has 4 amide bonds. The lowest BCUT2D eigenvalue weighted by atomic mass is 9.99. The lowest BCUT2D eigenvalue weighted by molar-refractivity contribution is -0.126. The maximum atomic E-state index is 12.2. The number of rotatable bonds is 6. The van der Waals surface area contributed by atoms with Crippen molar-refractivity contribution in [1.29, 1.82) is 0 Å².